The van der Waals surface area contributed by atoms with E-state index in [2.05, 4.69) is 41.7 Å². The lowest BCUT2D eigenvalue weighted by molar-refractivity contribution is -0.145. The minimum Gasteiger partial charge on any atom is -0.346 e. The molecule has 3 aliphatic rings. The second-order valence-electron chi connectivity index (χ2n) is 15.5. The molecule has 3 fully saturated rings. The summed E-state index contributed by atoms with van der Waals surface area (Å²) in [6.07, 6.45) is 5.37. The van der Waals surface area contributed by atoms with Gasteiger partial charge in [0.1, 0.15) is 12.1 Å². The Morgan fingerprint density at radius 3 is 2.32 bits per heavy atom. The fourth-order valence-corrected chi connectivity index (χ4v) is 6.80. The van der Waals surface area contributed by atoms with E-state index in [4.69, 9.17) is 0 Å². The number of likely N-dealkylation sites (tertiary alicyclic amines) is 1. The summed E-state index contributed by atoms with van der Waals surface area (Å²) >= 11 is 0. The van der Waals surface area contributed by atoms with Gasteiger partial charge < -0.3 is 30.7 Å². The number of aromatic nitrogens is 1. The van der Waals surface area contributed by atoms with E-state index in [-0.39, 0.29) is 53.6 Å². The molecule has 1 aliphatic heterocycles. The van der Waals surface area contributed by atoms with Crippen LogP contribution in [0, 0.1) is 34.5 Å². The van der Waals surface area contributed by atoms with Gasteiger partial charge in [0, 0.05) is 31.9 Å². The van der Waals surface area contributed by atoms with Crippen LogP contribution in [0.25, 0.3) is 0 Å². The number of Topliss-reactive ketones (excluding diaryl/α,β-unsaturated/α-hetero) is 1. The average molecular weight is 653 g/mol. The Morgan fingerprint density at radius 2 is 1.74 bits per heavy atom. The highest BCUT2D eigenvalue weighted by Gasteiger charge is 2.70. The normalized spacial score (nSPS) is 23.1. The molecule has 6 atom stereocenters. The van der Waals surface area contributed by atoms with E-state index in [0.717, 1.165) is 12.8 Å². The summed E-state index contributed by atoms with van der Waals surface area (Å²) in [4.78, 5) is 81.3. The molecule has 2 saturated carbocycles. The summed E-state index contributed by atoms with van der Waals surface area (Å²) < 4.78 is 1.53. The fourth-order valence-electron chi connectivity index (χ4n) is 6.80. The van der Waals surface area contributed by atoms with Crippen molar-refractivity contribution in [3.05, 3.63) is 47.4 Å². The molecule has 12 nitrogen and oxygen atoms in total. The quantitative estimate of drug-likeness (QED) is 0.178. The van der Waals surface area contributed by atoms with Crippen molar-refractivity contribution < 1.29 is 24.0 Å². The van der Waals surface area contributed by atoms with Crippen LogP contribution in [-0.4, -0.2) is 76.3 Å². The third-order valence-corrected chi connectivity index (χ3v) is 10.1. The number of hydrogen-bond acceptors (Lipinski definition) is 6. The molecule has 1 aromatic heterocycles. The number of carbonyl (C=O) groups is 5. The van der Waals surface area contributed by atoms with Crippen LogP contribution >= 0.6 is 0 Å². The Hall–Kier alpha value is -3.96. The first-order chi connectivity index (χ1) is 22.0. The summed E-state index contributed by atoms with van der Waals surface area (Å²) in [5.74, 6) is -2.13. The number of nitrogens with one attached hydrogen (secondary N) is 4. The molecule has 0 aromatic carbocycles. The number of pyridine rings is 1. The molecule has 1 aromatic rings. The molecule has 0 spiro atoms. The van der Waals surface area contributed by atoms with Gasteiger partial charge >= 0.3 is 6.03 Å². The van der Waals surface area contributed by atoms with Crippen LogP contribution in [-0.2, 0) is 25.7 Å². The van der Waals surface area contributed by atoms with Crippen LogP contribution in [0.4, 0.5) is 4.79 Å². The van der Waals surface area contributed by atoms with Crippen LogP contribution in [0.1, 0.15) is 67.7 Å². The zero-order valence-corrected chi connectivity index (χ0v) is 28.8. The van der Waals surface area contributed by atoms with Crippen LogP contribution in [0.5, 0.6) is 0 Å². The van der Waals surface area contributed by atoms with Crippen molar-refractivity contribution in [1.82, 2.24) is 30.7 Å². The third kappa shape index (κ3) is 8.31. The summed E-state index contributed by atoms with van der Waals surface area (Å²) in [6, 6.07) is 1.11. The monoisotopic (exact) mass is 652 g/mol. The summed E-state index contributed by atoms with van der Waals surface area (Å²) in [5, 5.41) is 11.2. The van der Waals surface area contributed by atoms with Gasteiger partial charge in [-0.25, -0.2) is 4.79 Å². The first-order valence-corrected chi connectivity index (χ1v) is 16.7. The Balaban J connectivity index is 1.52. The highest BCUT2D eigenvalue weighted by molar-refractivity contribution is 6.38. The maximum atomic E-state index is 14.3. The second kappa shape index (κ2) is 14.0. The minimum absolute atomic E-state index is 0.0113. The van der Waals surface area contributed by atoms with Crippen molar-refractivity contribution in [3.63, 3.8) is 0 Å². The Morgan fingerprint density at radius 1 is 1.06 bits per heavy atom. The van der Waals surface area contributed by atoms with Crippen molar-refractivity contribution in [2.75, 3.05) is 13.1 Å². The van der Waals surface area contributed by atoms with E-state index in [1.54, 1.807) is 23.2 Å². The fraction of sp³-hybridized carbons (Fsp3) is 0.657. The van der Waals surface area contributed by atoms with Crippen LogP contribution in [0.15, 0.2) is 41.8 Å². The van der Waals surface area contributed by atoms with Gasteiger partial charge in [0.05, 0.1) is 12.1 Å². The van der Waals surface area contributed by atoms with Gasteiger partial charge in [-0.15, -0.1) is 6.58 Å². The number of nitrogens with zero attached hydrogens (tertiary/aromatic N) is 2. The van der Waals surface area contributed by atoms with Gasteiger partial charge in [-0.3, -0.25) is 24.0 Å². The molecule has 258 valence electrons. The van der Waals surface area contributed by atoms with Crippen molar-refractivity contribution in [2.45, 2.75) is 98.4 Å². The maximum Gasteiger partial charge on any atom is 0.315 e. The van der Waals surface area contributed by atoms with E-state index < -0.39 is 53.2 Å². The number of amides is 5. The SMILES string of the molecule is C=CCNC(=O)C(=O)C(CC1CC1)NC(=O)[C@@H]1[C@@H]2[C@H](CN1C(=O)[C@@H](NC(=O)N[C@H](Cn1ccccc1=O)C(C)C)C(C)(C)C)C2(C)C. The Bertz CT molecular complexity index is 1440. The number of urea groups is 1. The number of hydrogen-bond donors (Lipinski definition) is 4. The van der Waals surface area contributed by atoms with E-state index >= 15 is 0 Å². The first kappa shape index (κ1) is 35.9. The molecular weight excluding hydrogens is 600 g/mol. The predicted molar refractivity (Wildman–Crippen MR) is 178 cm³/mol. The van der Waals surface area contributed by atoms with Gasteiger partial charge in [-0.2, -0.15) is 0 Å². The molecule has 0 bridgehead atoms. The molecule has 47 heavy (non-hydrogen) atoms. The number of fused-ring (bicyclic) bond motifs is 1. The van der Waals surface area contributed by atoms with E-state index in [1.165, 1.54) is 16.7 Å². The standard InChI is InChI=1S/C35H52N6O6/c1-9-15-36-31(45)28(43)23(17-21-13-14-21)37-30(44)27-26-22(35(26,7)8)18-41(27)32(46)29(34(4,5)6)39-33(47)38-24(20(2)3)19-40-16-11-10-12-25(40)42/h9-12,16,20-24,26-27,29H,1,13-15,17-19H2,2-8H3,(H,36,45)(H,37,44)(H2,38,39,47)/t22-,23?,24+,26-,27-,29+/m0/s1. The first-order valence-electron chi connectivity index (χ1n) is 16.7. The van der Waals surface area contributed by atoms with Crippen molar-refractivity contribution in [2.24, 2.45) is 34.5 Å². The topological polar surface area (TPSA) is 159 Å². The van der Waals surface area contributed by atoms with Crippen LogP contribution in [0.3, 0.4) is 0 Å². The molecule has 4 N–H and O–H groups in total. The highest BCUT2D eigenvalue weighted by Crippen LogP contribution is 2.65. The van der Waals surface area contributed by atoms with E-state index in [0.29, 0.717) is 13.0 Å². The summed E-state index contributed by atoms with van der Waals surface area (Å²) in [6.45, 7) is 17.9. The van der Waals surface area contributed by atoms with Gasteiger partial charge in [-0.05, 0) is 47.0 Å². The largest absolute Gasteiger partial charge is 0.346 e. The average Bonchev–Trinajstić information content (AvgIpc) is 3.85. The lowest BCUT2D eigenvalue weighted by Crippen LogP contribution is -2.62. The van der Waals surface area contributed by atoms with Crippen molar-refractivity contribution in [1.29, 1.82) is 0 Å². The van der Waals surface area contributed by atoms with Crippen LogP contribution < -0.4 is 26.8 Å². The number of carbonyl (C=O) groups excluding carboxylic acids is 5. The third-order valence-electron chi connectivity index (χ3n) is 10.1. The van der Waals surface area contributed by atoms with E-state index in [9.17, 15) is 28.8 Å². The number of rotatable bonds is 14. The minimum atomic E-state index is -0.995. The molecule has 12 heteroatoms. The molecule has 5 amide bonds. The zero-order valence-electron chi connectivity index (χ0n) is 28.8. The maximum absolute atomic E-state index is 14.3. The molecule has 2 aliphatic carbocycles. The van der Waals surface area contributed by atoms with Crippen molar-refractivity contribution in [3.8, 4) is 0 Å². The molecule has 2 heterocycles. The molecule has 0 radical (unpaired) electrons. The van der Waals surface area contributed by atoms with Crippen LogP contribution in [0.2, 0.25) is 0 Å². The predicted octanol–water partition coefficient (Wildman–Crippen LogP) is 2.23. The molecule has 4 rings (SSSR count). The van der Waals surface area contributed by atoms with Gasteiger partial charge in [0.15, 0.2) is 0 Å². The number of piperidine rings is 1. The van der Waals surface area contributed by atoms with Gasteiger partial charge in [0.25, 0.3) is 11.5 Å². The number of ketones is 1. The zero-order chi connectivity index (χ0) is 34.8. The van der Waals surface area contributed by atoms with Gasteiger partial charge in [-0.1, -0.05) is 73.5 Å². The van der Waals surface area contributed by atoms with E-state index in [1.807, 2.05) is 34.6 Å². The Kier molecular flexibility index (Phi) is 10.7. The molecular formula is C35H52N6O6. The molecule has 1 unspecified atom stereocenters. The van der Waals surface area contributed by atoms with Gasteiger partial charge in [0.2, 0.25) is 17.6 Å². The smallest absolute Gasteiger partial charge is 0.315 e. The highest BCUT2D eigenvalue weighted by atomic mass is 16.2. The summed E-state index contributed by atoms with van der Waals surface area (Å²) in [5.41, 5.74) is -1.07. The lowest BCUT2D eigenvalue weighted by atomic mass is 9.85. The molecule has 1 saturated heterocycles. The second-order valence-corrected chi connectivity index (χ2v) is 15.5. The van der Waals surface area contributed by atoms with Crippen molar-refractivity contribution >= 4 is 29.5 Å². The Labute approximate surface area is 277 Å². The lowest BCUT2D eigenvalue weighted by Gasteiger charge is -2.38. The summed E-state index contributed by atoms with van der Waals surface area (Å²) in [7, 11) is 0.